The lowest BCUT2D eigenvalue weighted by Gasteiger charge is -2.11. The zero-order chi connectivity index (χ0) is 10.1. The standard InChI is InChI=1S/C11H13BrO2/c1-14-10-5-4-8(6-9(10)12)11(13)7-2-3-7/h4-7,11,13H,2-3H2,1H3. The highest BCUT2D eigenvalue weighted by Crippen LogP contribution is 2.42. The fourth-order valence-electron chi connectivity index (χ4n) is 1.55. The van der Waals surface area contributed by atoms with Gasteiger partial charge in [-0.1, -0.05) is 6.07 Å². The summed E-state index contributed by atoms with van der Waals surface area (Å²) in [5, 5.41) is 9.89. The lowest BCUT2D eigenvalue weighted by molar-refractivity contribution is 0.153. The van der Waals surface area contributed by atoms with Crippen molar-refractivity contribution in [1.29, 1.82) is 0 Å². The molecular weight excluding hydrogens is 244 g/mol. The molecule has 1 N–H and O–H groups in total. The minimum atomic E-state index is -0.308. The van der Waals surface area contributed by atoms with E-state index in [0.29, 0.717) is 5.92 Å². The van der Waals surface area contributed by atoms with Crippen molar-refractivity contribution in [2.45, 2.75) is 18.9 Å². The number of rotatable bonds is 3. The molecule has 2 rings (SSSR count). The largest absolute Gasteiger partial charge is 0.496 e. The molecule has 1 fully saturated rings. The van der Waals surface area contributed by atoms with E-state index >= 15 is 0 Å². The van der Waals surface area contributed by atoms with Crippen LogP contribution < -0.4 is 4.74 Å². The van der Waals surface area contributed by atoms with Crippen LogP contribution in [0.2, 0.25) is 0 Å². The third-order valence-corrected chi connectivity index (χ3v) is 3.21. The Morgan fingerprint density at radius 2 is 2.21 bits per heavy atom. The summed E-state index contributed by atoms with van der Waals surface area (Å²) in [5.74, 6) is 1.27. The molecule has 1 aliphatic rings. The molecule has 1 aliphatic carbocycles. The Morgan fingerprint density at radius 1 is 1.50 bits per heavy atom. The van der Waals surface area contributed by atoms with Gasteiger partial charge in [-0.2, -0.15) is 0 Å². The lowest BCUT2D eigenvalue weighted by Crippen LogP contribution is -1.99. The van der Waals surface area contributed by atoms with Gasteiger partial charge < -0.3 is 9.84 Å². The minimum absolute atomic E-state index is 0.308. The summed E-state index contributed by atoms with van der Waals surface area (Å²) in [6.07, 6.45) is 1.98. The Morgan fingerprint density at radius 3 is 2.71 bits per heavy atom. The van der Waals surface area contributed by atoms with Crippen LogP contribution in [0.5, 0.6) is 5.75 Å². The molecule has 0 aliphatic heterocycles. The van der Waals surface area contributed by atoms with E-state index < -0.39 is 0 Å². The van der Waals surface area contributed by atoms with Crippen molar-refractivity contribution in [1.82, 2.24) is 0 Å². The normalized spacial score (nSPS) is 17.9. The summed E-state index contributed by atoms with van der Waals surface area (Å²) in [6, 6.07) is 5.74. The molecule has 0 radical (unpaired) electrons. The third kappa shape index (κ3) is 1.93. The molecule has 0 aromatic heterocycles. The van der Waals surface area contributed by atoms with E-state index in [1.165, 1.54) is 0 Å². The van der Waals surface area contributed by atoms with E-state index in [1.807, 2.05) is 18.2 Å². The molecule has 0 amide bonds. The van der Waals surface area contributed by atoms with Gasteiger partial charge in [0.25, 0.3) is 0 Å². The average molecular weight is 257 g/mol. The summed E-state index contributed by atoms with van der Waals surface area (Å²) in [4.78, 5) is 0. The van der Waals surface area contributed by atoms with Gasteiger partial charge in [-0.05, 0) is 52.4 Å². The van der Waals surface area contributed by atoms with Crippen LogP contribution in [-0.2, 0) is 0 Å². The number of ether oxygens (including phenoxy) is 1. The van der Waals surface area contributed by atoms with Gasteiger partial charge in [0, 0.05) is 0 Å². The Kier molecular flexibility index (Phi) is 2.79. The fraction of sp³-hybridized carbons (Fsp3) is 0.455. The zero-order valence-corrected chi connectivity index (χ0v) is 9.62. The molecule has 1 unspecified atom stereocenters. The number of aliphatic hydroxyl groups excluding tert-OH is 1. The average Bonchev–Trinajstić information content (AvgIpc) is 3.00. The Balaban J connectivity index is 2.22. The maximum absolute atomic E-state index is 9.89. The predicted molar refractivity (Wildman–Crippen MR) is 58.4 cm³/mol. The molecule has 0 bridgehead atoms. The molecule has 2 nitrogen and oxygen atoms in total. The molecule has 1 aromatic carbocycles. The van der Waals surface area contributed by atoms with Crippen LogP contribution in [0, 0.1) is 5.92 Å². The van der Waals surface area contributed by atoms with Crippen molar-refractivity contribution in [3.63, 3.8) is 0 Å². The third-order valence-electron chi connectivity index (χ3n) is 2.59. The van der Waals surface area contributed by atoms with Crippen molar-refractivity contribution in [3.8, 4) is 5.75 Å². The van der Waals surface area contributed by atoms with Crippen LogP contribution >= 0.6 is 15.9 Å². The van der Waals surface area contributed by atoms with Gasteiger partial charge in [-0.3, -0.25) is 0 Å². The monoisotopic (exact) mass is 256 g/mol. The first-order chi connectivity index (χ1) is 6.72. The van der Waals surface area contributed by atoms with Crippen LogP contribution in [0.4, 0.5) is 0 Å². The van der Waals surface area contributed by atoms with Crippen molar-refractivity contribution >= 4 is 15.9 Å². The van der Waals surface area contributed by atoms with Crippen LogP contribution in [-0.4, -0.2) is 12.2 Å². The fourth-order valence-corrected chi connectivity index (χ4v) is 2.11. The molecule has 14 heavy (non-hydrogen) atoms. The first-order valence-electron chi connectivity index (χ1n) is 4.74. The summed E-state index contributed by atoms with van der Waals surface area (Å²) < 4.78 is 6.03. The van der Waals surface area contributed by atoms with Crippen LogP contribution in [0.25, 0.3) is 0 Å². The van der Waals surface area contributed by atoms with Gasteiger partial charge in [-0.25, -0.2) is 0 Å². The van der Waals surface area contributed by atoms with E-state index in [9.17, 15) is 5.11 Å². The van der Waals surface area contributed by atoms with Crippen molar-refractivity contribution in [3.05, 3.63) is 28.2 Å². The molecule has 1 aromatic rings. The number of hydrogen-bond acceptors (Lipinski definition) is 2. The lowest BCUT2D eigenvalue weighted by atomic mass is 10.1. The van der Waals surface area contributed by atoms with Crippen molar-refractivity contribution < 1.29 is 9.84 Å². The molecule has 1 atom stereocenters. The highest BCUT2D eigenvalue weighted by molar-refractivity contribution is 9.10. The van der Waals surface area contributed by atoms with E-state index in [1.54, 1.807) is 7.11 Å². The zero-order valence-electron chi connectivity index (χ0n) is 8.03. The Bertz CT molecular complexity index is 334. The summed E-state index contributed by atoms with van der Waals surface area (Å²) >= 11 is 3.41. The van der Waals surface area contributed by atoms with Gasteiger partial charge in [0.05, 0.1) is 17.7 Å². The molecule has 1 saturated carbocycles. The minimum Gasteiger partial charge on any atom is -0.496 e. The first-order valence-corrected chi connectivity index (χ1v) is 5.53. The van der Waals surface area contributed by atoms with E-state index in [4.69, 9.17) is 4.74 Å². The maximum atomic E-state index is 9.89. The van der Waals surface area contributed by atoms with Gasteiger partial charge in [0.2, 0.25) is 0 Å². The van der Waals surface area contributed by atoms with Gasteiger partial charge in [0.1, 0.15) is 5.75 Å². The molecule has 0 saturated heterocycles. The molecule has 0 spiro atoms. The molecular formula is C11H13BrO2. The second-order valence-corrected chi connectivity index (χ2v) is 4.53. The van der Waals surface area contributed by atoms with Gasteiger partial charge in [-0.15, -0.1) is 0 Å². The van der Waals surface area contributed by atoms with E-state index in [0.717, 1.165) is 28.6 Å². The number of benzene rings is 1. The maximum Gasteiger partial charge on any atom is 0.133 e. The smallest absolute Gasteiger partial charge is 0.133 e. The van der Waals surface area contributed by atoms with Crippen molar-refractivity contribution in [2.24, 2.45) is 5.92 Å². The quantitative estimate of drug-likeness (QED) is 0.902. The van der Waals surface area contributed by atoms with E-state index in [-0.39, 0.29) is 6.10 Å². The molecule has 3 heteroatoms. The second kappa shape index (κ2) is 3.91. The van der Waals surface area contributed by atoms with E-state index in [2.05, 4.69) is 15.9 Å². The Hall–Kier alpha value is -0.540. The predicted octanol–water partition coefficient (Wildman–Crippen LogP) is 2.90. The van der Waals surface area contributed by atoms with Crippen LogP contribution in [0.1, 0.15) is 24.5 Å². The topological polar surface area (TPSA) is 29.5 Å². The summed E-state index contributed by atoms with van der Waals surface area (Å²) in [6.45, 7) is 0. The van der Waals surface area contributed by atoms with Gasteiger partial charge >= 0.3 is 0 Å². The Labute approximate surface area is 92.0 Å². The number of aliphatic hydroxyl groups is 1. The number of methoxy groups -OCH3 is 1. The SMILES string of the molecule is COc1ccc(C(O)C2CC2)cc1Br. The molecule has 0 heterocycles. The highest BCUT2D eigenvalue weighted by Gasteiger charge is 2.30. The van der Waals surface area contributed by atoms with Crippen molar-refractivity contribution in [2.75, 3.05) is 7.11 Å². The van der Waals surface area contributed by atoms with Crippen LogP contribution in [0.15, 0.2) is 22.7 Å². The summed E-state index contributed by atoms with van der Waals surface area (Å²) in [5.41, 5.74) is 0.972. The number of halogens is 1. The van der Waals surface area contributed by atoms with Crippen LogP contribution in [0.3, 0.4) is 0 Å². The summed E-state index contributed by atoms with van der Waals surface area (Å²) in [7, 11) is 1.64. The highest BCUT2D eigenvalue weighted by atomic mass is 79.9. The second-order valence-electron chi connectivity index (χ2n) is 3.68. The number of hydrogen-bond donors (Lipinski definition) is 1. The first kappa shape index (κ1) is 9.99. The van der Waals surface area contributed by atoms with Gasteiger partial charge in [0.15, 0.2) is 0 Å². The molecule has 76 valence electrons.